The SMILES string of the molecule is C[C@H](Oc1ccccc1Cl)C(=O)N(C)C1CCCC1. The van der Waals surface area contributed by atoms with Crippen LogP contribution in [0.4, 0.5) is 0 Å². The molecule has 0 heterocycles. The minimum atomic E-state index is -0.509. The molecule has 1 aliphatic carbocycles. The molecule has 104 valence electrons. The molecule has 0 bridgehead atoms. The summed E-state index contributed by atoms with van der Waals surface area (Å²) in [5.41, 5.74) is 0. The van der Waals surface area contributed by atoms with Gasteiger partial charge in [0, 0.05) is 13.1 Å². The van der Waals surface area contributed by atoms with Crippen LogP contribution in [-0.2, 0) is 4.79 Å². The summed E-state index contributed by atoms with van der Waals surface area (Å²) < 4.78 is 5.66. The molecule has 0 N–H and O–H groups in total. The van der Waals surface area contributed by atoms with E-state index in [0.29, 0.717) is 16.8 Å². The Bertz CT molecular complexity index is 444. The number of carbonyl (C=O) groups is 1. The summed E-state index contributed by atoms with van der Waals surface area (Å²) in [6.07, 6.45) is 4.11. The minimum absolute atomic E-state index is 0.0202. The molecule has 1 aromatic rings. The second-order valence-corrected chi connectivity index (χ2v) is 5.49. The molecule has 4 heteroatoms. The van der Waals surface area contributed by atoms with E-state index >= 15 is 0 Å². The third-order valence-electron chi connectivity index (χ3n) is 3.71. The van der Waals surface area contributed by atoms with Gasteiger partial charge < -0.3 is 9.64 Å². The molecule has 0 aromatic heterocycles. The van der Waals surface area contributed by atoms with Crippen molar-refractivity contribution in [2.24, 2.45) is 0 Å². The van der Waals surface area contributed by atoms with Crippen molar-refractivity contribution in [2.45, 2.75) is 44.8 Å². The minimum Gasteiger partial charge on any atom is -0.479 e. The number of hydrogen-bond donors (Lipinski definition) is 0. The van der Waals surface area contributed by atoms with Crippen LogP contribution >= 0.6 is 11.6 Å². The molecule has 1 atom stereocenters. The number of amides is 1. The first-order valence-electron chi connectivity index (χ1n) is 6.77. The lowest BCUT2D eigenvalue weighted by Crippen LogP contribution is -2.42. The zero-order chi connectivity index (χ0) is 13.8. The Morgan fingerprint density at radius 2 is 2.00 bits per heavy atom. The van der Waals surface area contributed by atoms with Crippen molar-refractivity contribution < 1.29 is 9.53 Å². The number of hydrogen-bond acceptors (Lipinski definition) is 2. The van der Waals surface area contributed by atoms with Gasteiger partial charge in [-0.1, -0.05) is 36.6 Å². The van der Waals surface area contributed by atoms with Crippen molar-refractivity contribution in [3.05, 3.63) is 29.3 Å². The van der Waals surface area contributed by atoms with Crippen LogP contribution in [0, 0.1) is 0 Å². The Hall–Kier alpha value is -1.22. The molecule has 1 amide bonds. The zero-order valence-corrected chi connectivity index (χ0v) is 12.2. The van der Waals surface area contributed by atoms with Gasteiger partial charge in [0.1, 0.15) is 5.75 Å². The smallest absolute Gasteiger partial charge is 0.263 e. The van der Waals surface area contributed by atoms with Crippen LogP contribution in [0.25, 0.3) is 0 Å². The van der Waals surface area contributed by atoms with Crippen molar-refractivity contribution in [3.8, 4) is 5.75 Å². The van der Waals surface area contributed by atoms with Gasteiger partial charge in [-0.3, -0.25) is 4.79 Å². The van der Waals surface area contributed by atoms with E-state index in [-0.39, 0.29) is 5.91 Å². The molecule has 0 radical (unpaired) electrons. The monoisotopic (exact) mass is 281 g/mol. The third kappa shape index (κ3) is 3.41. The van der Waals surface area contributed by atoms with E-state index < -0.39 is 6.10 Å². The highest BCUT2D eigenvalue weighted by molar-refractivity contribution is 6.32. The lowest BCUT2D eigenvalue weighted by atomic mass is 10.2. The van der Waals surface area contributed by atoms with Crippen molar-refractivity contribution in [1.29, 1.82) is 0 Å². The average Bonchev–Trinajstić information content (AvgIpc) is 2.93. The Balaban J connectivity index is 1.97. The van der Waals surface area contributed by atoms with Gasteiger partial charge in [0.25, 0.3) is 5.91 Å². The summed E-state index contributed by atoms with van der Waals surface area (Å²) in [6, 6.07) is 7.59. The van der Waals surface area contributed by atoms with E-state index in [0.717, 1.165) is 12.8 Å². The summed E-state index contributed by atoms with van der Waals surface area (Å²) >= 11 is 6.03. The highest BCUT2D eigenvalue weighted by atomic mass is 35.5. The molecular weight excluding hydrogens is 262 g/mol. The molecule has 0 spiro atoms. The Morgan fingerprint density at radius 3 is 2.63 bits per heavy atom. The molecule has 1 fully saturated rings. The van der Waals surface area contributed by atoms with Crippen LogP contribution in [0.5, 0.6) is 5.75 Å². The number of benzene rings is 1. The molecule has 1 aromatic carbocycles. The van der Waals surface area contributed by atoms with Crippen molar-refractivity contribution in [3.63, 3.8) is 0 Å². The zero-order valence-electron chi connectivity index (χ0n) is 11.4. The fourth-order valence-electron chi connectivity index (χ4n) is 2.54. The Morgan fingerprint density at radius 1 is 1.37 bits per heavy atom. The average molecular weight is 282 g/mol. The van der Waals surface area contributed by atoms with Crippen molar-refractivity contribution >= 4 is 17.5 Å². The molecule has 3 nitrogen and oxygen atoms in total. The fourth-order valence-corrected chi connectivity index (χ4v) is 2.72. The fraction of sp³-hybridized carbons (Fsp3) is 0.533. The summed E-state index contributed by atoms with van der Waals surface area (Å²) in [5.74, 6) is 0.580. The standard InChI is InChI=1S/C15H20ClNO2/c1-11(19-14-10-6-5-9-13(14)16)15(18)17(2)12-7-3-4-8-12/h5-6,9-12H,3-4,7-8H2,1-2H3/t11-/m0/s1. The van der Waals surface area contributed by atoms with Gasteiger partial charge in [-0.05, 0) is 31.9 Å². The van der Waals surface area contributed by atoms with E-state index in [1.165, 1.54) is 12.8 Å². The number of carbonyl (C=O) groups excluding carboxylic acids is 1. The largest absolute Gasteiger partial charge is 0.479 e. The summed E-state index contributed by atoms with van der Waals surface area (Å²) in [6.45, 7) is 1.77. The van der Waals surface area contributed by atoms with Gasteiger partial charge in [0.2, 0.25) is 0 Å². The summed E-state index contributed by atoms with van der Waals surface area (Å²) in [5, 5.41) is 0.533. The molecule has 2 rings (SSSR count). The molecular formula is C15H20ClNO2. The van der Waals surface area contributed by atoms with E-state index in [1.807, 2.05) is 24.1 Å². The summed E-state index contributed by atoms with van der Waals surface area (Å²) in [4.78, 5) is 14.1. The quantitative estimate of drug-likeness (QED) is 0.845. The van der Waals surface area contributed by atoms with Gasteiger partial charge in [-0.15, -0.1) is 0 Å². The lowest BCUT2D eigenvalue weighted by molar-refractivity contribution is -0.138. The lowest BCUT2D eigenvalue weighted by Gasteiger charge is -2.27. The Kier molecular flexibility index (Phi) is 4.70. The predicted octanol–water partition coefficient (Wildman–Crippen LogP) is 3.51. The topological polar surface area (TPSA) is 29.5 Å². The van der Waals surface area contributed by atoms with Crippen LogP contribution < -0.4 is 4.74 Å². The maximum atomic E-state index is 12.3. The summed E-state index contributed by atoms with van der Waals surface area (Å²) in [7, 11) is 1.87. The molecule has 19 heavy (non-hydrogen) atoms. The predicted molar refractivity (Wildman–Crippen MR) is 76.6 cm³/mol. The van der Waals surface area contributed by atoms with Crippen LogP contribution in [-0.4, -0.2) is 30.0 Å². The number of rotatable bonds is 4. The van der Waals surface area contributed by atoms with Crippen LogP contribution in [0.15, 0.2) is 24.3 Å². The second-order valence-electron chi connectivity index (χ2n) is 5.08. The third-order valence-corrected chi connectivity index (χ3v) is 4.02. The number of nitrogens with zero attached hydrogens (tertiary/aromatic N) is 1. The number of ether oxygens (including phenoxy) is 1. The second kappa shape index (κ2) is 6.29. The van der Waals surface area contributed by atoms with Crippen LogP contribution in [0.1, 0.15) is 32.6 Å². The maximum Gasteiger partial charge on any atom is 0.263 e. The van der Waals surface area contributed by atoms with E-state index in [9.17, 15) is 4.79 Å². The van der Waals surface area contributed by atoms with Gasteiger partial charge in [0.05, 0.1) is 5.02 Å². The van der Waals surface area contributed by atoms with Gasteiger partial charge in [0.15, 0.2) is 6.10 Å². The van der Waals surface area contributed by atoms with Crippen LogP contribution in [0.3, 0.4) is 0 Å². The van der Waals surface area contributed by atoms with E-state index in [1.54, 1.807) is 19.1 Å². The molecule has 1 aliphatic rings. The van der Waals surface area contributed by atoms with Gasteiger partial charge in [-0.2, -0.15) is 0 Å². The van der Waals surface area contributed by atoms with Gasteiger partial charge >= 0.3 is 0 Å². The van der Waals surface area contributed by atoms with Crippen molar-refractivity contribution in [1.82, 2.24) is 4.90 Å². The highest BCUT2D eigenvalue weighted by Gasteiger charge is 2.27. The number of likely N-dealkylation sites (N-methyl/N-ethyl adjacent to an activating group) is 1. The highest BCUT2D eigenvalue weighted by Crippen LogP contribution is 2.26. The Labute approximate surface area is 119 Å². The van der Waals surface area contributed by atoms with Crippen molar-refractivity contribution in [2.75, 3.05) is 7.05 Å². The first kappa shape index (κ1) is 14.2. The normalized spacial score (nSPS) is 17.2. The molecule has 1 saturated carbocycles. The van der Waals surface area contributed by atoms with Crippen LogP contribution in [0.2, 0.25) is 5.02 Å². The van der Waals surface area contributed by atoms with E-state index in [2.05, 4.69) is 0 Å². The maximum absolute atomic E-state index is 12.3. The molecule has 0 unspecified atom stereocenters. The van der Waals surface area contributed by atoms with Gasteiger partial charge in [-0.25, -0.2) is 0 Å². The first-order chi connectivity index (χ1) is 9.09. The number of para-hydroxylation sites is 1. The molecule has 0 saturated heterocycles. The molecule has 0 aliphatic heterocycles. The van der Waals surface area contributed by atoms with E-state index in [4.69, 9.17) is 16.3 Å². The number of halogens is 1. The first-order valence-corrected chi connectivity index (χ1v) is 7.15.